The maximum Gasteiger partial charge on any atom is 0.343 e. The Labute approximate surface area is 181 Å². The van der Waals surface area contributed by atoms with E-state index in [4.69, 9.17) is 4.74 Å². The van der Waals surface area contributed by atoms with Gasteiger partial charge in [0.25, 0.3) is 10.0 Å². The van der Waals surface area contributed by atoms with Crippen LogP contribution in [-0.2, 0) is 15.4 Å². The molecule has 0 saturated carbocycles. The first-order valence-electron chi connectivity index (χ1n) is 9.78. The van der Waals surface area contributed by atoms with Crippen molar-refractivity contribution in [2.24, 2.45) is 4.40 Å². The second-order valence-electron chi connectivity index (χ2n) is 8.25. The summed E-state index contributed by atoms with van der Waals surface area (Å²) in [4.78, 5) is 12.8. The van der Waals surface area contributed by atoms with E-state index in [1.165, 1.54) is 6.07 Å². The highest BCUT2D eigenvalue weighted by Gasteiger charge is 2.29. The number of sulfonamides is 1. The van der Waals surface area contributed by atoms with Crippen LogP contribution >= 0.6 is 0 Å². The topological polar surface area (TPSA) is 84.8 Å². The van der Waals surface area contributed by atoms with Gasteiger partial charge in [-0.2, -0.15) is 8.42 Å². The van der Waals surface area contributed by atoms with Crippen LogP contribution in [0.1, 0.15) is 42.3 Å². The smallest absolute Gasteiger partial charge is 0.343 e. The molecule has 4 rings (SSSR count). The molecule has 6 nitrogen and oxygen atoms in total. The van der Waals surface area contributed by atoms with Crippen molar-refractivity contribution in [3.05, 3.63) is 89.5 Å². The first-order valence-corrected chi connectivity index (χ1v) is 11.2. The second kappa shape index (κ2) is 7.67. The number of carbonyl (C=O) groups is 1. The van der Waals surface area contributed by atoms with Gasteiger partial charge in [0, 0.05) is 5.56 Å². The quantitative estimate of drug-likeness (QED) is 0.474. The maximum atomic E-state index is 12.7. The molecule has 0 bridgehead atoms. The number of nitrogens with zero attached hydrogens (tertiary/aromatic N) is 1. The predicted molar refractivity (Wildman–Crippen MR) is 120 cm³/mol. The SMILES string of the molecule is CC(C)(C)c1ccc(C(=O)Oc2ccccc2NC2=NS(=O)(=O)c3ccccc32)cc1. The van der Waals surface area contributed by atoms with Gasteiger partial charge in [-0.15, -0.1) is 4.40 Å². The third-order valence-electron chi connectivity index (χ3n) is 4.96. The van der Waals surface area contributed by atoms with Crippen molar-refractivity contribution >= 4 is 27.5 Å². The predicted octanol–water partition coefficient (Wildman–Crippen LogP) is 4.76. The summed E-state index contributed by atoms with van der Waals surface area (Å²) >= 11 is 0. The normalized spacial score (nSPS) is 14.5. The lowest BCUT2D eigenvalue weighted by Crippen LogP contribution is -2.15. The van der Waals surface area contributed by atoms with Gasteiger partial charge in [0.2, 0.25) is 0 Å². The van der Waals surface area contributed by atoms with Crippen molar-refractivity contribution in [2.75, 3.05) is 5.32 Å². The van der Waals surface area contributed by atoms with E-state index < -0.39 is 16.0 Å². The lowest BCUT2D eigenvalue weighted by Gasteiger charge is -2.19. The highest BCUT2D eigenvalue weighted by molar-refractivity contribution is 7.90. The molecule has 0 aliphatic carbocycles. The number of esters is 1. The molecular weight excluding hydrogens is 412 g/mol. The summed E-state index contributed by atoms with van der Waals surface area (Å²) in [6, 6.07) is 20.7. The molecular formula is C24H22N2O4S. The van der Waals surface area contributed by atoms with Crippen LogP contribution in [0, 0.1) is 0 Å². The van der Waals surface area contributed by atoms with Gasteiger partial charge < -0.3 is 10.1 Å². The molecule has 0 atom stereocenters. The largest absolute Gasteiger partial charge is 0.421 e. The lowest BCUT2D eigenvalue weighted by molar-refractivity contribution is 0.0735. The van der Waals surface area contributed by atoms with Gasteiger partial charge in [-0.3, -0.25) is 0 Å². The number of hydrogen-bond donors (Lipinski definition) is 1. The van der Waals surface area contributed by atoms with Gasteiger partial charge in [0.1, 0.15) is 4.90 Å². The molecule has 3 aromatic rings. The fourth-order valence-corrected chi connectivity index (χ4v) is 4.42. The van der Waals surface area contributed by atoms with E-state index in [1.807, 2.05) is 12.1 Å². The van der Waals surface area contributed by atoms with Crippen molar-refractivity contribution < 1.29 is 17.9 Å². The van der Waals surface area contributed by atoms with E-state index in [0.29, 0.717) is 16.8 Å². The Morgan fingerprint density at radius 2 is 1.55 bits per heavy atom. The van der Waals surface area contributed by atoms with Crippen LogP contribution in [0.15, 0.2) is 82.1 Å². The molecule has 0 radical (unpaired) electrons. The number of fused-ring (bicyclic) bond motifs is 1. The molecule has 0 unspecified atom stereocenters. The molecule has 1 aliphatic rings. The number of benzene rings is 3. The van der Waals surface area contributed by atoms with E-state index in [9.17, 15) is 13.2 Å². The summed E-state index contributed by atoms with van der Waals surface area (Å²) in [6.07, 6.45) is 0. The molecule has 0 spiro atoms. The maximum absolute atomic E-state index is 12.7. The van der Waals surface area contributed by atoms with Crippen molar-refractivity contribution in [3.8, 4) is 5.75 Å². The summed E-state index contributed by atoms with van der Waals surface area (Å²) in [5.74, 6) is -0.0402. The van der Waals surface area contributed by atoms with Crippen LogP contribution < -0.4 is 10.1 Å². The Balaban J connectivity index is 1.58. The minimum absolute atomic E-state index is 0.0163. The monoisotopic (exact) mass is 434 g/mol. The standard InChI is InChI=1S/C24H22N2O4S/c1-24(2,3)17-14-12-16(13-15-17)23(27)30-20-10-6-5-9-19(20)25-22-18-8-4-7-11-21(18)31(28,29)26-22/h4-15H,1-3H3,(H,25,26). The van der Waals surface area contributed by atoms with E-state index >= 15 is 0 Å². The number of carbonyl (C=O) groups excluding carboxylic acids is 1. The summed E-state index contributed by atoms with van der Waals surface area (Å²) in [5, 5.41) is 3.00. The number of ether oxygens (including phenoxy) is 1. The van der Waals surface area contributed by atoms with Gasteiger partial charge in [-0.05, 0) is 47.4 Å². The Morgan fingerprint density at radius 3 is 2.26 bits per heavy atom. The Kier molecular flexibility index (Phi) is 5.15. The number of anilines is 1. The molecule has 0 amide bonds. The zero-order valence-electron chi connectivity index (χ0n) is 17.4. The van der Waals surface area contributed by atoms with Crippen molar-refractivity contribution in [2.45, 2.75) is 31.1 Å². The molecule has 1 N–H and O–H groups in total. The average Bonchev–Trinajstić information content (AvgIpc) is 2.99. The van der Waals surface area contributed by atoms with Crippen molar-refractivity contribution in [1.82, 2.24) is 0 Å². The van der Waals surface area contributed by atoms with Gasteiger partial charge in [-0.25, -0.2) is 4.79 Å². The van der Waals surface area contributed by atoms with Crippen LogP contribution in [0.2, 0.25) is 0 Å². The minimum atomic E-state index is -3.75. The highest BCUT2D eigenvalue weighted by Crippen LogP contribution is 2.30. The summed E-state index contributed by atoms with van der Waals surface area (Å²) in [6.45, 7) is 6.31. The van der Waals surface area contributed by atoms with Crippen LogP contribution in [0.5, 0.6) is 5.75 Å². The van der Waals surface area contributed by atoms with E-state index in [1.54, 1.807) is 54.6 Å². The van der Waals surface area contributed by atoms with E-state index in [-0.39, 0.29) is 21.9 Å². The summed E-state index contributed by atoms with van der Waals surface area (Å²) in [5.41, 5.74) is 2.44. The first kappa shape index (κ1) is 20.8. The fraction of sp³-hybridized carbons (Fsp3) is 0.167. The van der Waals surface area contributed by atoms with Crippen molar-refractivity contribution in [1.29, 1.82) is 0 Å². The van der Waals surface area contributed by atoms with Crippen LogP contribution in [0.3, 0.4) is 0 Å². The number of para-hydroxylation sites is 2. The molecule has 3 aromatic carbocycles. The summed E-state index contributed by atoms with van der Waals surface area (Å²) in [7, 11) is -3.75. The van der Waals surface area contributed by atoms with E-state index in [0.717, 1.165) is 5.56 Å². The van der Waals surface area contributed by atoms with Crippen LogP contribution in [-0.4, -0.2) is 20.2 Å². The Hall–Kier alpha value is -3.45. The van der Waals surface area contributed by atoms with Crippen molar-refractivity contribution in [3.63, 3.8) is 0 Å². The number of hydrogen-bond acceptors (Lipinski definition) is 5. The Morgan fingerprint density at radius 1 is 0.903 bits per heavy atom. The molecule has 1 aliphatic heterocycles. The van der Waals surface area contributed by atoms with E-state index in [2.05, 4.69) is 30.5 Å². The third kappa shape index (κ3) is 4.22. The Bertz CT molecular complexity index is 1290. The van der Waals surface area contributed by atoms with Gasteiger partial charge >= 0.3 is 5.97 Å². The molecule has 158 valence electrons. The van der Waals surface area contributed by atoms with Crippen LogP contribution in [0.25, 0.3) is 0 Å². The van der Waals surface area contributed by atoms with Gasteiger partial charge in [0.05, 0.1) is 11.3 Å². The van der Waals surface area contributed by atoms with Crippen LogP contribution in [0.4, 0.5) is 5.69 Å². The zero-order chi connectivity index (χ0) is 22.2. The molecule has 0 fully saturated rings. The fourth-order valence-electron chi connectivity index (χ4n) is 3.25. The molecule has 31 heavy (non-hydrogen) atoms. The molecule has 1 heterocycles. The number of amidine groups is 1. The highest BCUT2D eigenvalue weighted by atomic mass is 32.2. The molecule has 0 saturated heterocycles. The summed E-state index contributed by atoms with van der Waals surface area (Å²) < 4.78 is 34.0. The molecule has 7 heteroatoms. The number of nitrogens with one attached hydrogen (secondary N) is 1. The van der Waals surface area contributed by atoms with Gasteiger partial charge in [-0.1, -0.05) is 57.2 Å². The molecule has 0 aromatic heterocycles. The van der Waals surface area contributed by atoms with Gasteiger partial charge in [0.15, 0.2) is 11.6 Å². The minimum Gasteiger partial charge on any atom is -0.421 e. The zero-order valence-corrected chi connectivity index (χ0v) is 18.2. The first-order chi connectivity index (χ1) is 14.6. The second-order valence-corrected chi connectivity index (χ2v) is 9.82. The lowest BCUT2D eigenvalue weighted by atomic mass is 9.87. The number of rotatable bonds is 3. The third-order valence-corrected chi connectivity index (χ3v) is 6.30. The average molecular weight is 435 g/mol.